The number of carbonyl (C=O) groups excluding carboxylic acids is 1. The van der Waals surface area contributed by atoms with Crippen molar-refractivity contribution in [2.75, 3.05) is 31.6 Å². The molecule has 0 aromatic heterocycles. The number of esters is 1. The van der Waals surface area contributed by atoms with E-state index >= 15 is 0 Å². The summed E-state index contributed by atoms with van der Waals surface area (Å²) >= 11 is 0. The Hall–Kier alpha value is -1.55. The minimum Gasteiger partial charge on any atom is -0.468 e. The van der Waals surface area contributed by atoms with Gasteiger partial charge in [0.1, 0.15) is 6.04 Å². The molecule has 0 aliphatic rings. The highest BCUT2D eigenvalue weighted by atomic mass is 16.5. The van der Waals surface area contributed by atoms with E-state index in [4.69, 9.17) is 4.74 Å². The van der Waals surface area contributed by atoms with Crippen molar-refractivity contribution in [3.8, 4) is 0 Å². The second kappa shape index (κ2) is 9.40. The van der Waals surface area contributed by atoms with Gasteiger partial charge in [-0.25, -0.2) is 0 Å². The van der Waals surface area contributed by atoms with E-state index < -0.39 is 0 Å². The van der Waals surface area contributed by atoms with Crippen LogP contribution in [-0.2, 0) is 9.53 Å². The number of rotatable bonds is 9. The molecule has 0 radical (unpaired) electrons. The van der Waals surface area contributed by atoms with Crippen LogP contribution >= 0.6 is 0 Å². The van der Waals surface area contributed by atoms with Gasteiger partial charge < -0.3 is 15.0 Å². The number of nitrogens with zero attached hydrogens (tertiary/aromatic N) is 1. The minimum atomic E-state index is -0.227. The lowest BCUT2D eigenvalue weighted by Crippen LogP contribution is -2.41. The molecule has 0 bridgehead atoms. The number of anilines is 1. The van der Waals surface area contributed by atoms with Crippen LogP contribution in [-0.4, -0.2) is 38.8 Å². The summed E-state index contributed by atoms with van der Waals surface area (Å²) < 4.78 is 4.88. The molecule has 0 saturated heterocycles. The van der Waals surface area contributed by atoms with Gasteiger partial charge in [0.2, 0.25) is 0 Å². The number of benzene rings is 1. The molecule has 0 spiro atoms. The highest BCUT2D eigenvalue weighted by Gasteiger charge is 2.19. The second-order valence-corrected chi connectivity index (χ2v) is 5.23. The SMILES string of the molecule is CCCNC(CCN(CC)c1ccc(C)cc1)C(=O)OC. The fourth-order valence-electron chi connectivity index (χ4n) is 2.27. The largest absolute Gasteiger partial charge is 0.468 e. The third kappa shape index (κ3) is 5.76. The Morgan fingerprint density at radius 1 is 1.29 bits per heavy atom. The minimum absolute atomic E-state index is 0.177. The zero-order chi connectivity index (χ0) is 15.7. The van der Waals surface area contributed by atoms with Gasteiger partial charge in [0.15, 0.2) is 0 Å². The van der Waals surface area contributed by atoms with Crippen molar-refractivity contribution >= 4 is 11.7 Å². The maximum Gasteiger partial charge on any atom is 0.322 e. The Morgan fingerprint density at radius 3 is 2.48 bits per heavy atom. The average Bonchev–Trinajstić information content (AvgIpc) is 2.51. The van der Waals surface area contributed by atoms with Crippen LogP contribution in [0.2, 0.25) is 0 Å². The lowest BCUT2D eigenvalue weighted by atomic mass is 10.1. The number of aryl methyl sites for hydroxylation is 1. The van der Waals surface area contributed by atoms with E-state index in [9.17, 15) is 4.79 Å². The first-order chi connectivity index (χ1) is 10.1. The predicted molar refractivity (Wildman–Crippen MR) is 87.8 cm³/mol. The number of nitrogens with one attached hydrogen (secondary N) is 1. The maximum absolute atomic E-state index is 11.8. The third-order valence-electron chi connectivity index (χ3n) is 3.59. The van der Waals surface area contributed by atoms with Crippen LogP contribution in [0.1, 0.15) is 32.3 Å². The van der Waals surface area contributed by atoms with Crippen molar-refractivity contribution in [2.24, 2.45) is 0 Å². The molecule has 1 aromatic carbocycles. The number of hydrogen-bond acceptors (Lipinski definition) is 4. The quantitative estimate of drug-likeness (QED) is 0.711. The normalized spacial score (nSPS) is 12.0. The Morgan fingerprint density at radius 2 is 1.95 bits per heavy atom. The van der Waals surface area contributed by atoms with Gasteiger partial charge in [-0.05, 0) is 45.4 Å². The standard InChI is InChI=1S/C17H28N2O2/c1-5-12-18-16(17(20)21-4)11-13-19(6-2)15-9-7-14(3)8-10-15/h7-10,16,18H,5-6,11-13H2,1-4H3. The summed E-state index contributed by atoms with van der Waals surface area (Å²) in [7, 11) is 1.44. The molecule has 1 atom stereocenters. The molecule has 0 aliphatic carbocycles. The topological polar surface area (TPSA) is 41.6 Å². The molecule has 0 aliphatic heterocycles. The van der Waals surface area contributed by atoms with E-state index in [1.807, 2.05) is 0 Å². The Balaban J connectivity index is 2.62. The van der Waals surface area contributed by atoms with Crippen LogP contribution in [0.5, 0.6) is 0 Å². The zero-order valence-corrected chi connectivity index (χ0v) is 13.7. The molecule has 0 fully saturated rings. The summed E-state index contributed by atoms with van der Waals surface area (Å²) in [5, 5.41) is 3.26. The molecule has 4 nitrogen and oxygen atoms in total. The molecule has 1 aromatic rings. The highest BCUT2D eigenvalue weighted by Crippen LogP contribution is 2.15. The maximum atomic E-state index is 11.8. The number of carbonyl (C=O) groups is 1. The fourth-order valence-corrected chi connectivity index (χ4v) is 2.27. The van der Waals surface area contributed by atoms with Crippen LogP contribution < -0.4 is 10.2 Å². The summed E-state index contributed by atoms with van der Waals surface area (Å²) in [6.45, 7) is 8.89. The van der Waals surface area contributed by atoms with Gasteiger partial charge in [0.05, 0.1) is 7.11 Å². The molecule has 1 unspecified atom stereocenters. The van der Waals surface area contributed by atoms with Gasteiger partial charge in [-0.15, -0.1) is 0 Å². The fraction of sp³-hybridized carbons (Fsp3) is 0.588. The first-order valence-corrected chi connectivity index (χ1v) is 7.75. The lowest BCUT2D eigenvalue weighted by Gasteiger charge is -2.25. The van der Waals surface area contributed by atoms with Gasteiger partial charge >= 0.3 is 5.97 Å². The number of hydrogen-bond donors (Lipinski definition) is 1. The van der Waals surface area contributed by atoms with Crippen molar-refractivity contribution in [2.45, 2.75) is 39.7 Å². The first kappa shape index (κ1) is 17.5. The molecule has 4 heteroatoms. The van der Waals surface area contributed by atoms with Crippen LogP contribution in [0.3, 0.4) is 0 Å². The van der Waals surface area contributed by atoms with E-state index in [1.54, 1.807) is 0 Å². The lowest BCUT2D eigenvalue weighted by molar-refractivity contribution is -0.143. The summed E-state index contributed by atoms with van der Waals surface area (Å²) in [5.74, 6) is -0.177. The third-order valence-corrected chi connectivity index (χ3v) is 3.59. The summed E-state index contributed by atoms with van der Waals surface area (Å²) in [6.07, 6.45) is 1.75. The zero-order valence-electron chi connectivity index (χ0n) is 13.7. The smallest absolute Gasteiger partial charge is 0.322 e. The molecular weight excluding hydrogens is 264 g/mol. The van der Waals surface area contributed by atoms with Gasteiger partial charge in [-0.2, -0.15) is 0 Å². The van der Waals surface area contributed by atoms with E-state index in [0.717, 1.165) is 32.5 Å². The van der Waals surface area contributed by atoms with Crippen molar-refractivity contribution in [3.63, 3.8) is 0 Å². The molecule has 118 valence electrons. The van der Waals surface area contributed by atoms with E-state index in [1.165, 1.54) is 18.4 Å². The summed E-state index contributed by atoms with van der Waals surface area (Å²) in [4.78, 5) is 14.1. The van der Waals surface area contributed by atoms with Gasteiger partial charge in [-0.1, -0.05) is 24.6 Å². The molecule has 0 saturated carbocycles. The molecule has 1 rings (SSSR count). The van der Waals surface area contributed by atoms with Crippen molar-refractivity contribution < 1.29 is 9.53 Å². The van der Waals surface area contributed by atoms with Crippen LogP contribution in [0.4, 0.5) is 5.69 Å². The van der Waals surface area contributed by atoms with Gasteiger partial charge in [-0.3, -0.25) is 4.79 Å². The summed E-state index contributed by atoms with van der Waals surface area (Å²) in [5.41, 5.74) is 2.45. The van der Waals surface area contributed by atoms with Crippen LogP contribution in [0, 0.1) is 6.92 Å². The predicted octanol–water partition coefficient (Wildman–Crippen LogP) is 2.75. The Labute approximate surface area is 128 Å². The van der Waals surface area contributed by atoms with Crippen LogP contribution in [0.15, 0.2) is 24.3 Å². The highest BCUT2D eigenvalue weighted by molar-refractivity contribution is 5.75. The van der Waals surface area contributed by atoms with Gasteiger partial charge in [0.25, 0.3) is 0 Å². The Kier molecular flexibility index (Phi) is 7.83. The monoisotopic (exact) mass is 292 g/mol. The van der Waals surface area contributed by atoms with Crippen molar-refractivity contribution in [1.29, 1.82) is 0 Å². The average molecular weight is 292 g/mol. The molecule has 0 heterocycles. The molecule has 0 amide bonds. The molecule has 21 heavy (non-hydrogen) atoms. The number of ether oxygens (including phenoxy) is 1. The van der Waals surface area contributed by atoms with E-state index in [0.29, 0.717) is 0 Å². The Bertz CT molecular complexity index is 417. The number of methoxy groups -OCH3 is 1. The van der Waals surface area contributed by atoms with Crippen LogP contribution in [0.25, 0.3) is 0 Å². The molecule has 1 N–H and O–H groups in total. The van der Waals surface area contributed by atoms with E-state index in [-0.39, 0.29) is 12.0 Å². The van der Waals surface area contributed by atoms with E-state index in [2.05, 4.69) is 55.3 Å². The molecular formula is C17H28N2O2. The summed E-state index contributed by atoms with van der Waals surface area (Å²) in [6, 6.07) is 8.27. The first-order valence-electron chi connectivity index (χ1n) is 7.75. The van der Waals surface area contributed by atoms with Gasteiger partial charge in [0, 0.05) is 18.8 Å². The van der Waals surface area contributed by atoms with Crippen molar-refractivity contribution in [3.05, 3.63) is 29.8 Å². The second-order valence-electron chi connectivity index (χ2n) is 5.23. The van der Waals surface area contributed by atoms with Crippen molar-refractivity contribution in [1.82, 2.24) is 5.32 Å².